The zero-order valence-corrected chi connectivity index (χ0v) is 28.8. The molecular weight excluding hydrogens is 637 g/mol. The van der Waals surface area contributed by atoms with E-state index >= 15 is 0 Å². The maximum Gasteiger partial charge on any atom is 0.258 e. The fourth-order valence-electron chi connectivity index (χ4n) is 5.59. The normalized spacial score (nSPS) is 20.4. The van der Waals surface area contributed by atoms with Gasteiger partial charge in [0.1, 0.15) is 11.6 Å². The van der Waals surface area contributed by atoms with Crippen molar-refractivity contribution in [3.05, 3.63) is 89.7 Å². The van der Waals surface area contributed by atoms with Crippen LogP contribution in [0.4, 0.5) is 10.1 Å². The summed E-state index contributed by atoms with van der Waals surface area (Å²) in [5.74, 6) is -1.18. The van der Waals surface area contributed by atoms with Crippen LogP contribution in [0.15, 0.2) is 77.7 Å². The Balaban J connectivity index is 1.62. The third-order valence-corrected chi connectivity index (χ3v) is 10.3. The van der Waals surface area contributed by atoms with E-state index in [4.69, 9.17) is 9.47 Å². The predicted molar refractivity (Wildman–Crippen MR) is 182 cm³/mol. The van der Waals surface area contributed by atoms with E-state index < -0.39 is 33.9 Å². The van der Waals surface area contributed by atoms with E-state index in [1.807, 2.05) is 44.2 Å². The molecule has 12 heteroatoms. The molecule has 1 aliphatic heterocycles. The molecule has 3 aromatic rings. The van der Waals surface area contributed by atoms with Crippen LogP contribution in [-0.2, 0) is 26.0 Å². The van der Waals surface area contributed by atoms with Gasteiger partial charge in [0.2, 0.25) is 15.9 Å². The summed E-state index contributed by atoms with van der Waals surface area (Å²) in [6.07, 6.45) is 1.49. The fourth-order valence-corrected chi connectivity index (χ4v) is 6.77. The van der Waals surface area contributed by atoms with Crippen LogP contribution >= 0.6 is 0 Å². The number of nitrogens with one attached hydrogen (secondary N) is 1. The number of amides is 2. The molecule has 0 radical (unpaired) electrons. The number of likely N-dealkylation sites (N-methyl/N-ethyl adjacent to an activating group) is 1. The molecule has 0 saturated carbocycles. The van der Waals surface area contributed by atoms with Gasteiger partial charge in [-0.25, -0.2) is 12.8 Å². The van der Waals surface area contributed by atoms with E-state index in [0.29, 0.717) is 30.9 Å². The van der Waals surface area contributed by atoms with Gasteiger partial charge in [0.15, 0.2) is 0 Å². The molecule has 2 N–H and O–H groups in total. The van der Waals surface area contributed by atoms with E-state index in [9.17, 15) is 27.5 Å². The number of halogens is 1. The van der Waals surface area contributed by atoms with Crippen molar-refractivity contribution in [3.63, 3.8) is 0 Å². The average Bonchev–Trinajstić information content (AvgIpc) is 3.06. The first kappa shape index (κ1) is 37.0. The molecule has 0 aromatic heterocycles. The van der Waals surface area contributed by atoms with Crippen molar-refractivity contribution in [2.75, 3.05) is 38.7 Å². The molecule has 4 rings (SSSR count). The molecule has 3 aromatic carbocycles. The van der Waals surface area contributed by atoms with Crippen LogP contribution in [-0.4, -0.2) is 86.1 Å². The first-order valence-corrected chi connectivity index (χ1v) is 17.7. The molecule has 0 saturated heterocycles. The Hall–Kier alpha value is -3.84. The van der Waals surface area contributed by atoms with Gasteiger partial charge in [-0.15, -0.1) is 0 Å². The molecular formula is C36H46FN3O7S. The van der Waals surface area contributed by atoms with E-state index in [1.54, 1.807) is 25.1 Å². The van der Waals surface area contributed by atoms with Crippen LogP contribution in [0.1, 0.15) is 56.0 Å². The van der Waals surface area contributed by atoms with Crippen molar-refractivity contribution in [2.45, 2.75) is 69.6 Å². The Labute approximate surface area is 282 Å². The minimum absolute atomic E-state index is 0.00981. The van der Waals surface area contributed by atoms with Crippen LogP contribution in [0.5, 0.6) is 5.75 Å². The largest absolute Gasteiger partial charge is 0.490 e. The number of hydrogen-bond acceptors (Lipinski definition) is 7. The Morgan fingerprint density at radius 2 is 1.79 bits per heavy atom. The number of aliphatic hydroxyl groups excluding tert-OH is 1. The topological polar surface area (TPSA) is 125 Å². The van der Waals surface area contributed by atoms with Crippen LogP contribution in [0.25, 0.3) is 0 Å². The number of anilines is 1. The second-order valence-corrected chi connectivity index (χ2v) is 14.5. The Morgan fingerprint density at radius 1 is 1.08 bits per heavy atom. The van der Waals surface area contributed by atoms with Gasteiger partial charge < -0.3 is 24.8 Å². The Morgan fingerprint density at radius 3 is 2.48 bits per heavy atom. The number of hydrogen-bond donors (Lipinski definition) is 2. The lowest BCUT2D eigenvalue weighted by Gasteiger charge is -2.35. The highest BCUT2D eigenvalue weighted by Gasteiger charge is 2.32. The number of nitrogens with zero attached hydrogens (tertiary/aromatic N) is 2. The summed E-state index contributed by atoms with van der Waals surface area (Å²) in [5, 5.41) is 13.1. The zero-order valence-electron chi connectivity index (χ0n) is 28.0. The van der Waals surface area contributed by atoms with Crippen molar-refractivity contribution in [1.82, 2.24) is 9.21 Å². The second-order valence-electron chi connectivity index (χ2n) is 12.5. The van der Waals surface area contributed by atoms with Gasteiger partial charge in [0, 0.05) is 38.3 Å². The van der Waals surface area contributed by atoms with Crippen molar-refractivity contribution in [1.29, 1.82) is 0 Å². The number of carbonyl (C=O) groups excluding carboxylic acids is 2. The maximum absolute atomic E-state index is 14.3. The first-order valence-electron chi connectivity index (χ1n) is 16.3. The minimum atomic E-state index is -3.95. The molecule has 48 heavy (non-hydrogen) atoms. The second kappa shape index (κ2) is 17.0. The monoisotopic (exact) mass is 683 g/mol. The first-order chi connectivity index (χ1) is 22.9. The molecule has 2 amide bonds. The summed E-state index contributed by atoms with van der Waals surface area (Å²) in [6, 6.07) is 18.4. The van der Waals surface area contributed by atoms with E-state index in [-0.39, 0.29) is 54.5 Å². The molecule has 1 heterocycles. The summed E-state index contributed by atoms with van der Waals surface area (Å²) >= 11 is 0. The lowest BCUT2D eigenvalue weighted by Crippen LogP contribution is -2.48. The van der Waals surface area contributed by atoms with E-state index in [0.717, 1.165) is 24.1 Å². The molecule has 0 spiro atoms. The number of benzene rings is 3. The molecule has 0 bridgehead atoms. The van der Waals surface area contributed by atoms with Crippen LogP contribution in [0, 0.1) is 11.7 Å². The van der Waals surface area contributed by atoms with Gasteiger partial charge in [-0.05, 0) is 81.1 Å². The highest BCUT2D eigenvalue weighted by Crippen LogP contribution is 2.29. The summed E-state index contributed by atoms with van der Waals surface area (Å²) in [7, 11) is -2.51. The van der Waals surface area contributed by atoms with E-state index in [1.165, 1.54) is 28.4 Å². The summed E-state index contributed by atoms with van der Waals surface area (Å²) in [6.45, 7) is 5.70. The summed E-state index contributed by atoms with van der Waals surface area (Å²) in [5.41, 5.74) is 1.52. The standard InChI is InChI=1S/C36H46FN3O7S/c1-25-22-40(26(2)24-41)36(43)32-21-30(38-35(42)20-28-11-6-5-7-12-28)15-18-33(32)47-27(3)10-8-9-19-46-34(25)23-39(4)48(44,45)31-16-13-29(37)14-17-31/h5-7,11-18,21,25-27,34,41H,8-10,19-20,22-24H2,1-4H3,(H,38,42)/t25-,26-,27+,34+/m1/s1. The van der Waals surface area contributed by atoms with Crippen molar-refractivity contribution in [2.24, 2.45) is 5.92 Å². The van der Waals surface area contributed by atoms with Gasteiger partial charge in [-0.3, -0.25) is 9.59 Å². The average molecular weight is 684 g/mol. The molecule has 4 atom stereocenters. The van der Waals surface area contributed by atoms with Crippen LogP contribution < -0.4 is 10.1 Å². The number of rotatable bonds is 9. The van der Waals surface area contributed by atoms with Gasteiger partial charge in [-0.1, -0.05) is 37.3 Å². The number of ether oxygens (including phenoxy) is 2. The Bertz CT molecular complexity index is 1620. The quantitative estimate of drug-likeness (QED) is 0.321. The number of aliphatic hydroxyl groups is 1. The number of carbonyl (C=O) groups is 2. The van der Waals surface area contributed by atoms with E-state index in [2.05, 4.69) is 5.32 Å². The third kappa shape index (κ3) is 9.85. The summed E-state index contributed by atoms with van der Waals surface area (Å²) in [4.78, 5) is 28.7. The van der Waals surface area contributed by atoms with Gasteiger partial charge >= 0.3 is 0 Å². The molecule has 10 nitrogen and oxygen atoms in total. The molecule has 0 unspecified atom stereocenters. The van der Waals surface area contributed by atoms with Crippen molar-refractivity contribution in [3.8, 4) is 5.75 Å². The molecule has 0 fully saturated rings. The molecule has 260 valence electrons. The van der Waals surface area contributed by atoms with Crippen LogP contribution in [0.2, 0.25) is 0 Å². The van der Waals surface area contributed by atoms with Gasteiger partial charge in [0.05, 0.1) is 41.7 Å². The fraction of sp³-hybridized carbons (Fsp3) is 0.444. The highest BCUT2D eigenvalue weighted by molar-refractivity contribution is 7.89. The van der Waals surface area contributed by atoms with Gasteiger partial charge in [-0.2, -0.15) is 4.31 Å². The lowest BCUT2D eigenvalue weighted by atomic mass is 10.0. The predicted octanol–water partition coefficient (Wildman–Crippen LogP) is 5.12. The third-order valence-electron chi connectivity index (χ3n) is 8.50. The maximum atomic E-state index is 14.3. The SMILES string of the molecule is C[C@@H]1CN([C@H](C)CO)C(=O)c2cc(NC(=O)Cc3ccccc3)ccc2O[C@@H](C)CCCCO[C@H]1CN(C)S(=O)(=O)c1ccc(F)cc1. The van der Waals surface area contributed by atoms with Crippen molar-refractivity contribution >= 4 is 27.5 Å². The van der Waals surface area contributed by atoms with Gasteiger partial charge in [0.25, 0.3) is 5.91 Å². The summed E-state index contributed by atoms with van der Waals surface area (Å²) < 4.78 is 53.9. The lowest BCUT2D eigenvalue weighted by molar-refractivity contribution is -0.115. The zero-order chi connectivity index (χ0) is 34.8. The number of sulfonamides is 1. The van der Waals surface area contributed by atoms with Crippen molar-refractivity contribution < 1.29 is 37.0 Å². The Kier molecular flexibility index (Phi) is 13.1. The number of fused-ring (bicyclic) bond motifs is 1. The minimum Gasteiger partial charge on any atom is -0.490 e. The molecule has 1 aliphatic rings. The molecule has 0 aliphatic carbocycles. The van der Waals surface area contributed by atoms with Crippen LogP contribution in [0.3, 0.4) is 0 Å². The smallest absolute Gasteiger partial charge is 0.258 e. The highest BCUT2D eigenvalue weighted by atomic mass is 32.2.